The van der Waals surface area contributed by atoms with Crippen LogP contribution >= 0.6 is 0 Å². The zero-order valence-corrected chi connectivity index (χ0v) is 11.2. The molecule has 0 aromatic heterocycles. The Bertz CT molecular complexity index is 288. The highest BCUT2D eigenvalue weighted by Crippen LogP contribution is 2.26. The topological polar surface area (TPSA) is 55.4 Å². The normalized spacial score (nSPS) is 18.8. The molecule has 1 atom stereocenters. The molecule has 1 aliphatic carbocycles. The molecule has 98 valence electrons. The van der Waals surface area contributed by atoms with Gasteiger partial charge in [-0.25, -0.2) is 4.79 Å². The van der Waals surface area contributed by atoms with Crippen molar-refractivity contribution < 1.29 is 14.3 Å². The van der Waals surface area contributed by atoms with E-state index in [0.717, 1.165) is 25.7 Å². The molecule has 0 radical (unpaired) electrons. The van der Waals surface area contributed by atoms with Crippen LogP contribution in [0.15, 0.2) is 0 Å². The maximum absolute atomic E-state index is 12.0. The zero-order chi connectivity index (χ0) is 13.1. The van der Waals surface area contributed by atoms with Gasteiger partial charge < -0.3 is 10.1 Å². The van der Waals surface area contributed by atoms with Gasteiger partial charge in [0.15, 0.2) is 5.78 Å². The number of rotatable bonds is 3. The molecule has 0 unspecified atom stereocenters. The molecule has 1 rings (SSSR count). The molecule has 1 amide bonds. The second-order valence-corrected chi connectivity index (χ2v) is 5.75. The third-order valence-corrected chi connectivity index (χ3v) is 2.92. The van der Waals surface area contributed by atoms with Crippen molar-refractivity contribution in [3.8, 4) is 0 Å². The first-order valence-electron chi connectivity index (χ1n) is 6.33. The molecule has 0 aliphatic heterocycles. The van der Waals surface area contributed by atoms with Crippen molar-refractivity contribution in [3.05, 3.63) is 0 Å². The molecule has 0 spiro atoms. The highest BCUT2D eigenvalue weighted by atomic mass is 16.6. The third-order valence-electron chi connectivity index (χ3n) is 2.92. The summed E-state index contributed by atoms with van der Waals surface area (Å²) in [5, 5.41) is 2.60. The van der Waals surface area contributed by atoms with Gasteiger partial charge in [-0.2, -0.15) is 0 Å². The Labute approximate surface area is 103 Å². The van der Waals surface area contributed by atoms with E-state index >= 15 is 0 Å². The Kier molecular flexibility index (Phi) is 4.54. The maximum Gasteiger partial charge on any atom is 0.408 e. The predicted octanol–water partition coefficient (Wildman–Crippen LogP) is 2.66. The number of carbonyl (C=O) groups excluding carboxylic acids is 2. The lowest BCUT2D eigenvalue weighted by molar-refractivity contribution is -0.124. The van der Waals surface area contributed by atoms with E-state index in [0.29, 0.717) is 0 Å². The Morgan fingerprint density at radius 3 is 2.24 bits per heavy atom. The smallest absolute Gasteiger partial charge is 0.408 e. The van der Waals surface area contributed by atoms with Gasteiger partial charge in [0, 0.05) is 5.92 Å². The van der Waals surface area contributed by atoms with Crippen LogP contribution in [0.5, 0.6) is 0 Å². The largest absolute Gasteiger partial charge is 0.444 e. The number of Topliss-reactive ketones (excluding diaryl/α,β-unsaturated/α-hetero) is 1. The van der Waals surface area contributed by atoms with Gasteiger partial charge in [-0.3, -0.25) is 4.79 Å². The first-order valence-corrected chi connectivity index (χ1v) is 6.33. The van der Waals surface area contributed by atoms with Crippen molar-refractivity contribution in [3.63, 3.8) is 0 Å². The average Bonchev–Trinajstić information content (AvgIpc) is 2.65. The highest BCUT2D eigenvalue weighted by molar-refractivity contribution is 5.89. The van der Waals surface area contributed by atoms with Gasteiger partial charge in [0.2, 0.25) is 0 Å². The Balaban J connectivity index is 2.40. The zero-order valence-electron chi connectivity index (χ0n) is 11.2. The van der Waals surface area contributed by atoms with Crippen molar-refractivity contribution in [1.29, 1.82) is 0 Å². The van der Waals surface area contributed by atoms with Crippen LogP contribution in [0.4, 0.5) is 4.79 Å². The van der Waals surface area contributed by atoms with Crippen LogP contribution < -0.4 is 5.32 Å². The van der Waals surface area contributed by atoms with Gasteiger partial charge in [0.25, 0.3) is 0 Å². The van der Waals surface area contributed by atoms with Crippen LogP contribution in [0, 0.1) is 5.92 Å². The number of nitrogens with one attached hydrogen (secondary N) is 1. The number of carbonyl (C=O) groups is 2. The molecule has 1 N–H and O–H groups in total. The molecule has 1 aliphatic rings. The van der Waals surface area contributed by atoms with Crippen LogP contribution in [-0.2, 0) is 9.53 Å². The number of hydrogen-bond acceptors (Lipinski definition) is 3. The highest BCUT2D eigenvalue weighted by Gasteiger charge is 2.28. The molecule has 0 bridgehead atoms. The summed E-state index contributed by atoms with van der Waals surface area (Å²) in [5.41, 5.74) is -0.528. The van der Waals surface area contributed by atoms with Crippen LogP contribution in [0.25, 0.3) is 0 Å². The number of amides is 1. The standard InChI is InChI=1S/C13H23NO3/c1-9(11(15)10-7-5-6-8-10)14-12(16)17-13(2,3)4/h9-10H,5-8H2,1-4H3,(H,14,16)/t9-/m0/s1. The van der Waals surface area contributed by atoms with E-state index in [2.05, 4.69) is 5.32 Å². The number of alkyl carbamates (subject to hydrolysis) is 1. The van der Waals surface area contributed by atoms with Crippen molar-refractivity contribution in [2.24, 2.45) is 5.92 Å². The summed E-state index contributed by atoms with van der Waals surface area (Å²) in [6.45, 7) is 7.13. The average molecular weight is 241 g/mol. The molecule has 4 nitrogen and oxygen atoms in total. The quantitative estimate of drug-likeness (QED) is 0.826. The van der Waals surface area contributed by atoms with Crippen LogP contribution in [0.1, 0.15) is 53.4 Å². The van der Waals surface area contributed by atoms with Gasteiger partial charge in [-0.05, 0) is 40.5 Å². The van der Waals surface area contributed by atoms with Crippen LogP contribution in [-0.4, -0.2) is 23.5 Å². The molecule has 17 heavy (non-hydrogen) atoms. The van der Waals surface area contributed by atoms with E-state index in [1.807, 2.05) is 0 Å². The van der Waals surface area contributed by atoms with Crippen molar-refractivity contribution >= 4 is 11.9 Å². The summed E-state index contributed by atoms with van der Waals surface area (Å²) in [6.07, 6.45) is 3.64. The molecule has 0 heterocycles. The third kappa shape index (κ3) is 4.75. The summed E-state index contributed by atoms with van der Waals surface area (Å²) < 4.78 is 5.12. The SMILES string of the molecule is C[C@H](NC(=O)OC(C)(C)C)C(=O)C1CCCC1. The summed E-state index contributed by atoms with van der Waals surface area (Å²) in [6, 6.07) is -0.451. The summed E-state index contributed by atoms with van der Waals surface area (Å²) >= 11 is 0. The molecule has 1 saturated carbocycles. The first kappa shape index (κ1) is 14.0. The van der Waals surface area contributed by atoms with Gasteiger partial charge >= 0.3 is 6.09 Å². The van der Waals surface area contributed by atoms with E-state index in [1.165, 1.54) is 0 Å². The molecule has 0 aromatic carbocycles. The Morgan fingerprint density at radius 1 is 1.24 bits per heavy atom. The van der Waals surface area contributed by atoms with E-state index in [-0.39, 0.29) is 11.7 Å². The Morgan fingerprint density at radius 2 is 1.76 bits per heavy atom. The first-order chi connectivity index (χ1) is 7.79. The summed E-state index contributed by atoms with van der Waals surface area (Å²) in [4.78, 5) is 23.5. The van der Waals surface area contributed by atoms with E-state index < -0.39 is 17.7 Å². The van der Waals surface area contributed by atoms with Gasteiger partial charge in [0.1, 0.15) is 5.60 Å². The van der Waals surface area contributed by atoms with Gasteiger partial charge in [0.05, 0.1) is 6.04 Å². The monoisotopic (exact) mass is 241 g/mol. The fourth-order valence-corrected chi connectivity index (χ4v) is 2.12. The number of hydrogen-bond donors (Lipinski definition) is 1. The molecule has 4 heteroatoms. The second-order valence-electron chi connectivity index (χ2n) is 5.75. The van der Waals surface area contributed by atoms with Gasteiger partial charge in [-0.1, -0.05) is 12.8 Å². The fraction of sp³-hybridized carbons (Fsp3) is 0.846. The lowest BCUT2D eigenvalue weighted by atomic mass is 9.98. The molecule has 0 saturated heterocycles. The van der Waals surface area contributed by atoms with E-state index in [1.54, 1.807) is 27.7 Å². The minimum Gasteiger partial charge on any atom is -0.444 e. The Hall–Kier alpha value is -1.06. The minimum absolute atomic E-state index is 0.125. The molecular formula is C13H23NO3. The predicted molar refractivity (Wildman–Crippen MR) is 65.8 cm³/mol. The van der Waals surface area contributed by atoms with Crippen molar-refractivity contribution in [2.45, 2.75) is 65.0 Å². The summed E-state index contributed by atoms with van der Waals surface area (Å²) in [7, 11) is 0. The fourth-order valence-electron chi connectivity index (χ4n) is 2.12. The van der Waals surface area contributed by atoms with E-state index in [9.17, 15) is 9.59 Å². The van der Waals surface area contributed by atoms with Crippen molar-refractivity contribution in [1.82, 2.24) is 5.32 Å². The van der Waals surface area contributed by atoms with Crippen molar-refractivity contribution in [2.75, 3.05) is 0 Å². The van der Waals surface area contributed by atoms with Gasteiger partial charge in [-0.15, -0.1) is 0 Å². The van der Waals surface area contributed by atoms with Crippen LogP contribution in [0.2, 0.25) is 0 Å². The molecular weight excluding hydrogens is 218 g/mol. The second kappa shape index (κ2) is 5.52. The molecule has 0 aromatic rings. The van der Waals surface area contributed by atoms with Crippen LogP contribution in [0.3, 0.4) is 0 Å². The van der Waals surface area contributed by atoms with E-state index in [4.69, 9.17) is 4.74 Å². The number of ether oxygens (including phenoxy) is 1. The minimum atomic E-state index is -0.528. The maximum atomic E-state index is 12.0. The number of ketones is 1. The lowest BCUT2D eigenvalue weighted by Crippen LogP contribution is -2.43. The summed E-state index contributed by atoms with van der Waals surface area (Å²) in [5.74, 6) is 0.258. The molecule has 1 fully saturated rings. The lowest BCUT2D eigenvalue weighted by Gasteiger charge is -2.22.